The molecule has 1 N–H and O–H groups in total. The summed E-state index contributed by atoms with van der Waals surface area (Å²) in [7, 11) is 0. The average molecular weight is 362 g/mol. The van der Waals surface area contributed by atoms with Crippen molar-refractivity contribution in [3.05, 3.63) is 17.1 Å². The molecule has 1 aromatic heterocycles. The Balaban J connectivity index is 1.72. The van der Waals surface area contributed by atoms with Gasteiger partial charge in [-0.25, -0.2) is 9.78 Å². The Hall–Kier alpha value is -1.89. The Labute approximate surface area is 155 Å². The van der Waals surface area contributed by atoms with Crippen LogP contribution in [0.5, 0.6) is 5.88 Å². The van der Waals surface area contributed by atoms with Gasteiger partial charge in [-0.2, -0.15) is 4.98 Å². The third-order valence-electron chi connectivity index (χ3n) is 4.87. The molecule has 0 radical (unpaired) electrons. The lowest BCUT2D eigenvalue weighted by Gasteiger charge is -2.33. The number of likely N-dealkylation sites (tertiary alicyclic amines) is 1. The second-order valence-electron chi connectivity index (χ2n) is 6.90. The normalized spacial score (nSPS) is 20.2. The van der Waals surface area contributed by atoms with E-state index in [0.717, 1.165) is 62.2 Å². The summed E-state index contributed by atoms with van der Waals surface area (Å²) in [6.45, 7) is 7.57. The predicted octanol–water partition coefficient (Wildman–Crippen LogP) is 2.12. The van der Waals surface area contributed by atoms with Crippen LogP contribution in [-0.4, -0.2) is 59.9 Å². The van der Waals surface area contributed by atoms with Gasteiger partial charge in [-0.3, -0.25) is 0 Å². The summed E-state index contributed by atoms with van der Waals surface area (Å²) in [6.07, 6.45) is 5.16. The molecule has 1 fully saturated rings. The molecule has 3 heterocycles. The van der Waals surface area contributed by atoms with Crippen LogP contribution in [0.25, 0.3) is 0 Å². The molecular formula is C19H30N4O3. The fourth-order valence-corrected chi connectivity index (χ4v) is 3.44. The second-order valence-corrected chi connectivity index (χ2v) is 6.90. The predicted molar refractivity (Wildman–Crippen MR) is 98.5 cm³/mol. The highest BCUT2D eigenvalue weighted by Gasteiger charge is 2.27. The molecule has 7 heteroatoms. The Morgan fingerprint density at radius 2 is 2.15 bits per heavy atom. The standard InChI is InChI=1S/C19H30N4O3/c1-3-9-20-19(24)23-10-5-6-14(13-23)26-18-15-7-11-25-12-8-16(15)21-17(4-2)22-18/h14H,3-13H2,1-2H3,(H,20,24)/t14-/m0/s1. The van der Waals surface area contributed by atoms with Crippen LogP contribution < -0.4 is 10.1 Å². The SMILES string of the molecule is CCCNC(=O)N1CCC[C@H](Oc2nc(CC)nc3c2CCOCC3)C1. The molecule has 3 rings (SSSR count). The fraction of sp³-hybridized carbons (Fsp3) is 0.737. The summed E-state index contributed by atoms with van der Waals surface area (Å²) < 4.78 is 11.9. The van der Waals surface area contributed by atoms with Crippen LogP contribution in [0, 0.1) is 0 Å². The van der Waals surface area contributed by atoms with E-state index >= 15 is 0 Å². The largest absolute Gasteiger partial charge is 0.472 e. The number of carbonyl (C=O) groups is 1. The minimum Gasteiger partial charge on any atom is -0.472 e. The lowest BCUT2D eigenvalue weighted by molar-refractivity contribution is 0.0962. The van der Waals surface area contributed by atoms with Crippen molar-refractivity contribution in [3.8, 4) is 5.88 Å². The first-order valence-corrected chi connectivity index (χ1v) is 9.87. The lowest BCUT2D eigenvalue weighted by Crippen LogP contribution is -2.48. The third-order valence-corrected chi connectivity index (χ3v) is 4.87. The van der Waals surface area contributed by atoms with E-state index in [1.807, 2.05) is 4.90 Å². The number of carbonyl (C=O) groups excluding carboxylic acids is 1. The number of amides is 2. The van der Waals surface area contributed by atoms with Crippen LogP contribution >= 0.6 is 0 Å². The van der Waals surface area contributed by atoms with Crippen molar-refractivity contribution >= 4 is 6.03 Å². The zero-order valence-electron chi connectivity index (χ0n) is 15.9. The number of hydrogen-bond acceptors (Lipinski definition) is 5. The van der Waals surface area contributed by atoms with E-state index in [4.69, 9.17) is 9.47 Å². The molecule has 1 saturated heterocycles. The van der Waals surface area contributed by atoms with Gasteiger partial charge in [0.1, 0.15) is 11.9 Å². The van der Waals surface area contributed by atoms with Gasteiger partial charge in [0.05, 0.1) is 25.5 Å². The molecule has 2 aliphatic rings. The molecule has 1 atom stereocenters. The quantitative estimate of drug-likeness (QED) is 0.868. The second kappa shape index (κ2) is 9.16. The molecule has 1 aromatic rings. The molecule has 2 aliphatic heterocycles. The van der Waals surface area contributed by atoms with E-state index in [-0.39, 0.29) is 12.1 Å². The van der Waals surface area contributed by atoms with Crippen molar-refractivity contribution in [1.82, 2.24) is 20.2 Å². The molecule has 26 heavy (non-hydrogen) atoms. The van der Waals surface area contributed by atoms with Crippen molar-refractivity contribution < 1.29 is 14.3 Å². The number of aryl methyl sites for hydroxylation is 1. The Bertz CT molecular complexity index is 623. The monoisotopic (exact) mass is 362 g/mol. The summed E-state index contributed by atoms with van der Waals surface area (Å²) in [5, 5.41) is 2.95. The van der Waals surface area contributed by atoms with Crippen LogP contribution in [0.1, 0.15) is 50.2 Å². The maximum atomic E-state index is 12.3. The number of nitrogens with one attached hydrogen (secondary N) is 1. The Kier molecular flexibility index (Phi) is 6.66. The van der Waals surface area contributed by atoms with E-state index in [2.05, 4.69) is 29.1 Å². The minimum absolute atomic E-state index is 0.00399. The molecule has 0 aromatic carbocycles. The van der Waals surface area contributed by atoms with Crippen molar-refractivity contribution in [3.63, 3.8) is 0 Å². The van der Waals surface area contributed by atoms with E-state index < -0.39 is 0 Å². The Morgan fingerprint density at radius 3 is 2.96 bits per heavy atom. The van der Waals surface area contributed by atoms with Crippen LogP contribution in [0.15, 0.2) is 0 Å². The highest BCUT2D eigenvalue weighted by molar-refractivity contribution is 5.74. The van der Waals surface area contributed by atoms with E-state index in [0.29, 0.717) is 32.2 Å². The molecule has 0 spiro atoms. The molecule has 0 bridgehead atoms. The van der Waals surface area contributed by atoms with Crippen LogP contribution in [0.2, 0.25) is 0 Å². The van der Waals surface area contributed by atoms with Crippen molar-refractivity contribution in [1.29, 1.82) is 0 Å². The topological polar surface area (TPSA) is 76.6 Å². The minimum atomic E-state index is -0.0241. The van der Waals surface area contributed by atoms with Crippen molar-refractivity contribution in [2.24, 2.45) is 0 Å². The van der Waals surface area contributed by atoms with Gasteiger partial charge in [-0.15, -0.1) is 0 Å². The lowest BCUT2D eigenvalue weighted by atomic mass is 10.1. The number of aromatic nitrogens is 2. The fourth-order valence-electron chi connectivity index (χ4n) is 3.44. The third kappa shape index (κ3) is 4.63. The number of fused-ring (bicyclic) bond motifs is 1. The van der Waals surface area contributed by atoms with Gasteiger partial charge in [-0.1, -0.05) is 13.8 Å². The summed E-state index contributed by atoms with van der Waals surface area (Å²) >= 11 is 0. The summed E-state index contributed by atoms with van der Waals surface area (Å²) in [5.41, 5.74) is 2.13. The summed E-state index contributed by atoms with van der Waals surface area (Å²) in [6, 6.07) is 0.00399. The van der Waals surface area contributed by atoms with E-state index in [9.17, 15) is 4.79 Å². The maximum Gasteiger partial charge on any atom is 0.317 e. The first-order chi connectivity index (χ1) is 12.7. The van der Waals surface area contributed by atoms with Gasteiger partial charge in [0.2, 0.25) is 5.88 Å². The number of hydrogen-bond donors (Lipinski definition) is 1. The van der Waals surface area contributed by atoms with Gasteiger partial charge in [-0.05, 0) is 19.3 Å². The first kappa shape index (κ1) is 18.9. The van der Waals surface area contributed by atoms with Crippen LogP contribution in [0.4, 0.5) is 4.79 Å². The number of ether oxygens (including phenoxy) is 2. The molecule has 2 amide bonds. The van der Waals surface area contributed by atoms with Gasteiger partial charge < -0.3 is 19.7 Å². The van der Waals surface area contributed by atoms with Crippen LogP contribution in [-0.2, 0) is 24.0 Å². The van der Waals surface area contributed by atoms with Gasteiger partial charge in [0, 0.05) is 37.9 Å². The number of rotatable bonds is 5. The van der Waals surface area contributed by atoms with Crippen LogP contribution in [0.3, 0.4) is 0 Å². The molecular weight excluding hydrogens is 332 g/mol. The highest BCUT2D eigenvalue weighted by atomic mass is 16.5. The molecule has 144 valence electrons. The molecule has 7 nitrogen and oxygen atoms in total. The molecule has 0 saturated carbocycles. The summed E-state index contributed by atoms with van der Waals surface area (Å²) in [4.78, 5) is 23.4. The van der Waals surface area contributed by atoms with Gasteiger partial charge in [0.25, 0.3) is 0 Å². The summed E-state index contributed by atoms with van der Waals surface area (Å²) in [5.74, 6) is 1.51. The number of urea groups is 1. The smallest absolute Gasteiger partial charge is 0.317 e. The highest BCUT2D eigenvalue weighted by Crippen LogP contribution is 2.26. The number of piperidine rings is 1. The van der Waals surface area contributed by atoms with Crippen molar-refractivity contribution in [2.75, 3.05) is 32.8 Å². The van der Waals surface area contributed by atoms with Gasteiger partial charge >= 0.3 is 6.03 Å². The zero-order valence-corrected chi connectivity index (χ0v) is 15.9. The zero-order chi connectivity index (χ0) is 18.4. The van der Waals surface area contributed by atoms with E-state index in [1.165, 1.54) is 0 Å². The first-order valence-electron chi connectivity index (χ1n) is 9.87. The molecule has 0 unspecified atom stereocenters. The molecule has 0 aliphatic carbocycles. The van der Waals surface area contributed by atoms with E-state index in [1.54, 1.807) is 0 Å². The van der Waals surface area contributed by atoms with Gasteiger partial charge in [0.15, 0.2) is 0 Å². The average Bonchev–Trinajstić information content (AvgIpc) is 2.91. The Morgan fingerprint density at radius 1 is 1.31 bits per heavy atom. The maximum absolute atomic E-state index is 12.3. The number of nitrogens with zero attached hydrogens (tertiary/aromatic N) is 3. The van der Waals surface area contributed by atoms with Crippen molar-refractivity contribution in [2.45, 2.75) is 58.5 Å².